The van der Waals surface area contributed by atoms with Crippen LogP contribution in [0.4, 0.5) is 13.2 Å². The van der Waals surface area contributed by atoms with Crippen molar-refractivity contribution in [2.45, 2.75) is 45.7 Å². The van der Waals surface area contributed by atoms with Crippen LogP contribution < -0.4 is 0 Å². The van der Waals surface area contributed by atoms with E-state index in [1.54, 1.807) is 10.6 Å². The number of nitrogens with zero attached hydrogens (tertiary/aromatic N) is 3. The smallest absolute Gasteiger partial charge is 0.325 e. The van der Waals surface area contributed by atoms with Gasteiger partial charge in [-0.05, 0) is 62.6 Å². The second-order valence-electron chi connectivity index (χ2n) is 7.54. The van der Waals surface area contributed by atoms with Crippen LogP contribution in [0.25, 0.3) is 11.8 Å². The minimum atomic E-state index is -4.40. The number of hydrogen-bond donors (Lipinski definition) is 0. The highest BCUT2D eigenvalue weighted by Gasteiger charge is 2.32. The lowest BCUT2D eigenvalue weighted by Gasteiger charge is -2.18. The van der Waals surface area contributed by atoms with Crippen molar-refractivity contribution in [3.05, 3.63) is 58.5 Å². The van der Waals surface area contributed by atoms with E-state index in [0.717, 1.165) is 67.1 Å². The largest absolute Gasteiger partial charge is 0.416 e. The Morgan fingerprint density at radius 1 is 1.10 bits per heavy atom. The van der Waals surface area contributed by atoms with E-state index in [2.05, 4.69) is 4.99 Å². The highest BCUT2D eigenvalue weighted by atomic mass is 19.4. The maximum absolute atomic E-state index is 13.1. The molecule has 1 amide bonds. The van der Waals surface area contributed by atoms with Gasteiger partial charge in [0.2, 0.25) is 0 Å². The van der Waals surface area contributed by atoms with E-state index >= 15 is 0 Å². The number of benzene rings is 1. The molecule has 29 heavy (non-hydrogen) atoms. The Morgan fingerprint density at radius 2 is 1.90 bits per heavy atom. The minimum Gasteiger partial charge on any atom is -0.325 e. The Morgan fingerprint density at radius 3 is 2.66 bits per heavy atom. The van der Waals surface area contributed by atoms with Gasteiger partial charge in [-0.15, -0.1) is 0 Å². The highest BCUT2D eigenvalue weighted by molar-refractivity contribution is 6.13. The molecule has 0 atom stereocenters. The number of alkyl halides is 3. The molecule has 0 N–H and O–H groups in total. The Hall–Kier alpha value is -2.83. The molecule has 7 heteroatoms. The number of halogens is 3. The molecule has 2 aliphatic rings. The van der Waals surface area contributed by atoms with E-state index in [9.17, 15) is 18.0 Å². The first-order valence-electron chi connectivity index (χ1n) is 9.73. The highest BCUT2D eigenvalue weighted by Crippen LogP contribution is 2.32. The van der Waals surface area contributed by atoms with Gasteiger partial charge in [-0.1, -0.05) is 12.5 Å². The van der Waals surface area contributed by atoms with E-state index < -0.39 is 11.7 Å². The molecule has 1 aromatic heterocycles. The third kappa shape index (κ3) is 3.61. The summed E-state index contributed by atoms with van der Waals surface area (Å²) in [5.74, 6) is 0.580. The number of aryl methyl sites for hydroxylation is 1. The van der Waals surface area contributed by atoms with Crippen molar-refractivity contribution in [2.24, 2.45) is 4.99 Å². The summed E-state index contributed by atoms with van der Waals surface area (Å²) < 4.78 is 41.1. The molecule has 4 nitrogen and oxygen atoms in total. The molecule has 0 unspecified atom stereocenters. The first-order valence-corrected chi connectivity index (χ1v) is 9.73. The molecule has 1 aromatic carbocycles. The van der Waals surface area contributed by atoms with Gasteiger partial charge in [0.15, 0.2) is 0 Å². The third-order valence-electron chi connectivity index (χ3n) is 5.53. The van der Waals surface area contributed by atoms with Crippen LogP contribution in [0.2, 0.25) is 0 Å². The fourth-order valence-corrected chi connectivity index (χ4v) is 4.10. The molecule has 1 fully saturated rings. The van der Waals surface area contributed by atoms with Gasteiger partial charge >= 0.3 is 6.18 Å². The Labute approximate surface area is 167 Å². The van der Waals surface area contributed by atoms with Crippen molar-refractivity contribution in [1.29, 1.82) is 0 Å². The van der Waals surface area contributed by atoms with Crippen LogP contribution in [0, 0.1) is 13.8 Å². The van der Waals surface area contributed by atoms with Gasteiger partial charge in [-0.2, -0.15) is 18.2 Å². The number of carbonyl (C=O) groups is 1. The molecule has 0 bridgehead atoms. The summed E-state index contributed by atoms with van der Waals surface area (Å²) in [4.78, 5) is 18.7. The first-order chi connectivity index (χ1) is 13.8. The molecular weight excluding hydrogens is 379 g/mol. The number of amides is 1. The Balaban J connectivity index is 1.74. The fourth-order valence-electron chi connectivity index (χ4n) is 4.10. The lowest BCUT2D eigenvalue weighted by atomic mass is 10.1. The molecule has 2 aromatic rings. The van der Waals surface area contributed by atoms with Gasteiger partial charge in [0.1, 0.15) is 11.5 Å². The normalized spacial score (nSPS) is 18.8. The van der Waals surface area contributed by atoms with E-state index in [0.29, 0.717) is 11.4 Å². The van der Waals surface area contributed by atoms with Crippen molar-refractivity contribution in [3.8, 4) is 5.69 Å². The van der Waals surface area contributed by atoms with Crippen LogP contribution in [-0.2, 0) is 11.0 Å². The van der Waals surface area contributed by atoms with Crippen molar-refractivity contribution < 1.29 is 18.0 Å². The van der Waals surface area contributed by atoms with Crippen molar-refractivity contribution in [2.75, 3.05) is 6.54 Å². The summed E-state index contributed by atoms with van der Waals surface area (Å²) in [5.41, 5.74) is 2.71. The summed E-state index contributed by atoms with van der Waals surface area (Å²) in [6.07, 6.45) is 1.36. The predicted octanol–water partition coefficient (Wildman–Crippen LogP) is 5.27. The maximum Gasteiger partial charge on any atom is 0.416 e. The van der Waals surface area contributed by atoms with Crippen LogP contribution in [0.1, 0.15) is 48.2 Å². The van der Waals surface area contributed by atoms with E-state index in [1.807, 2.05) is 30.9 Å². The number of hydrogen-bond acceptors (Lipinski definition) is 2. The summed E-state index contributed by atoms with van der Waals surface area (Å²) in [6, 6.07) is 7.17. The lowest BCUT2D eigenvalue weighted by molar-refractivity contribution is -0.137. The standard InChI is InChI=1S/C22H22F3N3O/c1-14-11-16(12-19-21(29)26-20-9-4-3-5-10-27(19)20)15(2)28(14)18-8-6-7-17(13-18)22(23,24)25/h6-8,11-13H,3-5,9-10H2,1-2H3. The molecule has 0 saturated carbocycles. The van der Waals surface area contributed by atoms with Gasteiger partial charge in [-0.3, -0.25) is 4.79 Å². The van der Waals surface area contributed by atoms with Gasteiger partial charge in [0, 0.05) is 30.0 Å². The van der Waals surface area contributed by atoms with Crippen LogP contribution in [0.5, 0.6) is 0 Å². The molecule has 0 radical (unpaired) electrons. The monoisotopic (exact) mass is 401 g/mol. The summed E-state index contributed by atoms with van der Waals surface area (Å²) >= 11 is 0. The zero-order valence-corrected chi connectivity index (χ0v) is 16.4. The molecule has 1 saturated heterocycles. The molecule has 0 aliphatic carbocycles. The number of aliphatic imine (C=N–C) groups is 1. The second-order valence-corrected chi connectivity index (χ2v) is 7.54. The minimum absolute atomic E-state index is 0.245. The molecule has 3 heterocycles. The van der Waals surface area contributed by atoms with Crippen molar-refractivity contribution >= 4 is 17.8 Å². The Bertz CT molecular complexity index is 1030. The van der Waals surface area contributed by atoms with Crippen LogP contribution >= 0.6 is 0 Å². The maximum atomic E-state index is 13.1. The summed E-state index contributed by atoms with van der Waals surface area (Å²) in [7, 11) is 0. The number of aromatic nitrogens is 1. The van der Waals surface area contributed by atoms with Crippen molar-refractivity contribution in [1.82, 2.24) is 9.47 Å². The van der Waals surface area contributed by atoms with Gasteiger partial charge in [0.05, 0.1) is 5.56 Å². The van der Waals surface area contributed by atoms with Crippen LogP contribution in [-0.4, -0.2) is 27.8 Å². The van der Waals surface area contributed by atoms with E-state index in [-0.39, 0.29) is 5.91 Å². The molecule has 4 rings (SSSR count). The fraction of sp³-hybridized carbons (Fsp3) is 0.364. The number of carbonyl (C=O) groups excluding carboxylic acids is 1. The Kier molecular flexibility index (Phi) is 4.84. The van der Waals surface area contributed by atoms with Gasteiger partial charge in [0.25, 0.3) is 5.91 Å². The van der Waals surface area contributed by atoms with Crippen molar-refractivity contribution in [3.63, 3.8) is 0 Å². The van der Waals surface area contributed by atoms with Crippen LogP contribution in [0.15, 0.2) is 41.0 Å². The molecule has 2 aliphatic heterocycles. The average molecular weight is 401 g/mol. The van der Waals surface area contributed by atoms with Gasteiger partial charge < -0.3 is 9.47 Å². The molecule has 152 valence electrons. The zero-order chi connectivity index (χ0) is 20.8. The first kappa shape index (κ1) is 19.5. The van der Waals surface area contributed by atoms with E-state index in [4.69, 9.17) is 0 Å². The van der Waals surface area contributed by atoms with Gasteiger partial charge in [-0.25, -0.2) is 0 Å². The zero-order valence-electron chi connectivity index (χ0n) is 16.4. The summed E-state index contributed by atoms with van der Waals surface area (Å²) in [5, 5.41) is 0. The average Bonchev–Trinajstić information content (AvgIpc) is 2.99. The lowest BCUT2D eigenvalue weighted by Crippen LogP contribution is -2.26. The number of amidine groups is 1. The second kappa shape index (κ2) is 7.21. The SMILES string of the molecule is Cc1cc(C=C2C(=O)N=C3CCCCCN23)c(C)n1-c1cccc(C(F)(F)F)c1. The number of fused-ring (bicyclic) bond motifs is 1. The third-order valence-corrected chi connectivity index (χ3v) is 5.53. The van der Waals surface area contributed by atoms with Crippen LogP contribution in [0.3, 0.4) is 0 Å². The molecular formula is C22H22F3N3O. The molecule has 0 spiro atoms. The summed E-state index contributed by atoms with van der Waals surface area (Å²) in [6.45, 7) is 4.46. The van der Waals surface area contributed by atoms with E-state index in [1.165, 1.54) is 6.07 Å². The quantitative estimate of drug-likeness (QED) is 0.643. The number of rotatable bonds is 2. The predicted molar refractivity (Wildman–Crippen MR) is 106 cm³/mol. The topological polar surface area (TPSA) is 37.6 Å².